The van der Waals surface area contributed by atoms with Gasteiger partial charge in [0.15, 0.2) is 0 Å². The van der Waals surface area contributed by atoms with Gasteiger partial charge in [-0.2, -0.15) is 4.31 Å². The van der Waals surface area contributed by atoms with Gasteiger partial charge in [0, 0.05) is 31.7 Å². The third kappa shape index (κ3) is 5.26. The first-order valence-corrected chi connectivity index (χ1v) is 11.1. The Bertz CT molecular complexity index is 1140. The number of benzene rings is 2. The smallest absolute Gasteiger partial charge is 0.419 e. The number of piperazine rings is 1. The zero-order valence-electron chi connectivity index (χ0n) is 16.7. The van der Waals surface area contributed by atoms with Crippen LogP contribution < -0.4 is 4.74 Å². The highest BCUT2D eigenvalue weighted by Gasteiger charge is 2.32. The van der Waals surface area contributed by atoms with E-state index >= 15 is 0 Å². The molecule has 1 aromatic heterocycles. The Kier molecular flexibility index (Phi) is 6.17. The summed E-state index contributed by atoms with van der Waals surface area (Å²) in [6.07, 6.45) is -4.84. The van der Waals surface area contributed by atoms with Gasteiger partial charge < -0.3 is 9.15 Å². The van der Waals surface area contributed by atoms with Gasteiger partial charge in [0.2, 0.25) is 21.8 Å². The highest BCUT2D eigenvalue weighted by molar-refractivity contribution is 7.89. The first-order valence-electron chi connectivity index (χ1n) is 9.67. The van der Waals surface area contributed by atoms with Crippen LogP contribution in [0.1, 0.15) is 5.89 Å². The number of nitrogens with zero attached hydrogens (tertiary/aromatic N) is 4. The molecule has 0 unspecified atom stereocenters. The maximum atomic E-state index is 12.8. The second kappa shape index (κ2) is 8.88. The number of aromatic nitrogens is 2. The Balaban J connectivity index is 1.34. The topological polar surface area (TPSA) is 88.8 Å². The molecule has 1 fully saturated rings. The SMILES string of the molecule is O=S(=O)(c1ccc(OC(F)(F)F)cc1)N1CCN(Cc2nnc(-c3ccccc3)o2)CC1. The molecule has 170 valence electrons. The molecule has 2 heterocycles. The van der Waals surface area contributed by atoms with Crippen molar-refractivity contribution in [2.75, 3.05) is 26.2 Å². The standard InChI is InChI=1S/C20H19F3N4O4S/c21-20(22,23)31-16-6-8-17(9-7-16)32(28,29)27-12-10-26(11-13-27)14-18-24-25-19(30-18)15-4-2-1-3-5-15/h1-9H,10-14H2. The molecule has 0 atom stereocenters. The Morgan fingerprint density at radius 1 is 0.938 bits per heavy atom. The number of hydrogen-bond acceptors (Lipinski definition) is 7. The van der Waals surface area contributed by atoms with Gasteiger partial charge in [0.1, 0.15) is 5.75 Å². The summed E-state index contributed by atoms with van der Waals surface area (Å²) < 4.78 is 73.2. The minimum absolute atomic E-state index is 0.0927. The van der Waals surface area contributed by atoms with Crippen LogP contribution in [-0.4, -0.2) is 60.4 Å². The van der Waals surface area contributed by atoms with Crippen LogP contribution in [0.3, 0.4) is 0 Å². The molecule has 0 radical (unpaired) electrons. The van der Waals surface area contributed by atoms with Crippen LogP contribution >= 0.6 is 0 Å². The monoisotopic (exact) mass is 468 g/mol. The largest absolute Gasteiger partial charge is 0.573 e. The van der Waals surface area contributed by atoms with Gasteiger partial charge in [0.25, 0.3) is 0 Å². The molecular weight excluding hydrogens is 449 g/mol. The van der Waals surface area contributed by atoms with Gasteiger partial charge in [0.05, 0.1) is 11.4 Å². The Morgan fingerprint density at radius 3 is 2.22 bits per heavy atom. The highest BCUT2D eigenvalue weighted by atomic mass is 32.2. The second-order valence-electron chi connectivity index (χ2n) is 7.07. The highest BCUT2D eigenvalue weighted by Crippen LogP contribution is 2.26. The number of ether oxygens (including phenoxy) is 1. The summed E-state index contributed by atoms with van der Waals surface area (Å²) in [4.78, 5) is 1.90. The van der Waals surface area contributed by atoms with Gasteiger partial charge in [-0.25, -0.2) is 8.42 Å². The molecule has 0 N–H and O–H groups in total. The average Bonchev–Trinajstić information content (AvgIpc) is 3.22. The predicted molar refractivity (Wildman–Crippen MR) is 107 cm³/mol. The van der Waals surface area contributed by atoms with E-state index in [-0.39, 0.29) is 18.0 Å². The molecule has 1 aliphatic rings. The minimum atomic E-state index is -4.84. The van der Waals surface area contributed by atoms with Crippen molar-refractivity contribution in [3.8, 4) is 17.2 Å². The van der Waals surface area contributed by atoms with Crippen LogP contribution in [0.4, 0.5) is 13.2 Å². The van der Waals surface area contributed by atoms with Crippen LogP contribution in [0.5, 0.6) is 5.75 Å². The fourth-order valence-electron chi connectivity index (χ4n) is 3.30. The number of sulfonamides is 1. The van der Waals surface area contributed by atoms with Crippen molar-refractivity contribution in [2.45, 2.75) is 17.8 Å². The lowest BCUT2D eigenvalue weighted by molar-refractivity contribution is -0.274. The Labute approximate surface area is 182 Å². The summed E-state index contributed by atoms with van der Waals surface area (Å²) in [6.45, 7) is 1.72. The first-order chi connectivity index (χ1) is 15.2. The van der Waals surface area contributed by atoms with E-state index in [2.05, 4.69) is 14.9 Å². The Hall–Kier alpha value is -2.96. The number of alkyl halides is 3. The molecule has 12 heteroatoms. The van der Waals surface area contributed by atoms with Gasteiger partial charge in [-0.1, -0.05) is 18.2 Å². The molecular formula is C20H19F3N4O4S. The summed E-state index contributed by atoms with van der Waals surface area (Å²) in [5.41, 5.74) is 0.814. The molecule has 1 aliphatic heterocycles. The van der Waals surface area contributed by atoms with Crippen LogP contribution in [0.15, 0.2) is 63.9 Å². The zero-order valence-corrected chi connectivity index (χ0v) is 17.5. The molecule has 0 aliphatic carbocycles. The van der Waals surface area contributed by atoms with E-state index < -0.39 is 22.1 Å². The van der Waals surface area contributed by atoms with Gasteiger partial charge in [-0.15, -0.1) is 23.4 Å². The molecule has 4 rings (SSSR count). The molecule has 8 nitrogen and oxygen atoms in total. The normalized spacial score (nSPS) is 16.2. The van der Waals surface area contributed by atoms with Crippen molar-refractivity contribution >= 4 is 10.0 Å². The van der Waals surface area contributed by atoms with E-state index in [0.29, 0.717) is 31.4 Å². The lowest BCUT2D eigenvalue weighted by atomic mass is 10.2. The quantitative estimate of drug-likeness (QED) is 0.549. The number of rotatable bonds is 6. The first kappa shape index (κ1) is 22.2. The second-order valence-corrected chi connectivity index (χ2v) is 9.00. The molecule has 1 saturated heterocycles. The van der Waals surface area contributed by atoms with Crippen LogP contribution in [0, 0.1) is 0 Å². The molecule has 32 heavy (non-hydrogen) atoms. The fraction of sp³-hybridized carbons (Fsp3) is 0.300. The molecule has 0 amide bonds. The molecule has 2 aromatic carbocycles. The maximum Gasteiger partial charge on any atom is 0.573 e. The van der Waals surface area contributed by atoms with E-state index in [9.17, 15) is 21.6 Å². The van der Waals surface area contributed by atoms with Crippen molar-refractivity contribution in [3.05, 3.63) is 60.5 Å². The number of hydrogen-bond donors (Lipinski definition) is 0. The van der Waals surface area contributed by atoms with E-state index in [1.807, 2.05) is 35.2 Å². The molecule has 0 spiro atoms. The van der Waals surface area contributed by atoms with Gasteiger partial charge in [-0.3, -0.25) is 4.90 Å². The molecule has 0 bridgehead atoms. The lowest BCUT2D eigenvalue weighted by Gasteiger charge is -2.33. The van der Waals surface area contributed by atoms with Crippen molar-refractivity contribution in [2.24, 2.45) is 0 Å². The fourth-order valence-corrected chi connectivity index (χ4v) is 4.72. The zero-order chi connectivity index (χ0) is 22.8. The van der Waals surface area contributed by atoms with Crippen molar-refractivity contribution < 1.29 is 30.7 Å². The lowest BCUT2D eigenvalue weighted by Crippen LogP contribution is -2.48. The average molecular weight is 468 g/mol. The van der Waals surface area contributed by atoms with Crippen LogP contribution in [0.25, 0.3) is 11.5 Å². The minimum Gasteiger partial charge on any atom is -0.419 e. The van der Waals surface area contributed by atoms with Gasteiger partial charge in [-0.05, 0) is 36.4 Å². The van der Waals surface area contributed by atoms with E-state index in [4.69, 9.17) is 4.42 Å². The summed E-state index contributed by atoms with van der Waals surface area (Å²) in [5, 5.41) is 8.10. The van der Waals surface area contributed by atoms with Crippen LogP contribution in [-0.2, 0) is 16.6 Å². The number of halogens is 3. The molecule has 3 aromatic rings. The van der Waals surface area contributed by atoms with Crippen molar-refractivity contribution in [3.63, 3.8) is 0 Å². The summed E-state index contributed by atoms with van der Waals surface area (Å²) >= 11 is 0. The summed E-state index contributed by atoms with van der Waals surface area (Å²) in [7, 11) is -3.83. The summed E-state index contributed by atoms with van der Waals surface area (Å²) in [6, 6.07) is 13.5. The maximum absolute atomic E-state index is 12.8. The van der Waals surface area contributed by atoms with Gasteiger partial charge >= 0.3 is 6.36 Å². The van der Waals surface area contributed by atoms with Crippen LogP contribution in [0.2, 0.25) is 0 Å². The molecule has 0 saturated carbocycles. The third-order valence-electron chi connectivity index (χ3n) is 4.87. The van der Waals surface area contributed by atoms with Crippen molar-refractivity contribution in [1.29, 1.82) is 0 Å². The van der Waals surface area contributed by atoms with E-state index in [1.165, 1.54) is 4.31 Å². The Morgan fingerprint density at radius 2 is 1.59 bits per heavy atom. The predicted octanol–water partition coefficient (Wildman–Crippen LogP) is 3.14. The van der Waals surface area contributed by atoms with E-state index in [0.717, 1.165) is 29.8 Å². The van der Waals surface area contributed by atoms with Crippen molar-refractivity contribution in [1.82, 2.24) is 19.4 Å². The van der Waals surface area contributed by atoms with E-state index in [1.54, 1.807) is 0 Å². The third-order valence-corrected chi connectivity index (χ3v) is 6.79. The summed E-state index contributed by atoms with van der Waals surface area (Å²) in [5.74, 6) is 0.371.